The Morgan fingerprint density at radius 2 is 2.00 bits per heavy atom. The summed E-state index contributed by atoms with van der Waals surface area (Å²) in [5.74, 6) is 0.0394. The summed E-state index contributed by atoms with van der Waals surface area (Å²) in [7, 11) is 0. The van der Waals surface area contributed by atoms with E-state index < -0.39 is 0 Å². The van der Waals surface area contributed by atoms with Crippen LogP contribution in [-0.2, 0) is 0 Å². The molecule has 0 aliphatic carbocycles. The summed E-state index contributed by atoms with van der Waals surface area (Å²) < 4.78 is 1.91. The number of rotatable bonds is 3. The Kier molecular flexibility index (Phi) is 3.53. The largest absolute Gasteiger partial charge is 0.330 e. The Morgan fingerprint density at radius 3 is 2.52 bits per heavy atom. The molecule has 2 heterocycles. The van der Waals surface area contributed by atoms with Gasteiger partial charge in [-0.3, -0.25) is 9.48 Å². The number of nitrogens with zero attached hydrogens (tertiary/aromatic N) is 3. The van der Waals surface area contributed by atoms with Gasteiger partial charge in [0.15, 0.2) is 5.69 Å². The maximum absolute atomic E-state index is 12.6. The van der Waals surface area contributed by atoms with Crippen molar-refractivity contribution in [1.82, 2.24) is 14.7 Å². The molecule has 0 saturated carbocycles. The number of hydrogen-bond donors (Lipinski definition) is 0. The van der Waals surface area contributed by atoms with Gasteiger partial charge in [0.1, 0.15) is 0 Å². The van der Waals surface area contributed by atoms with Crippen molar-refractivity contribution in [3.63, 3.8) is 0 Å². The molecule has 0 N–H and O–H groups in total. The van der Waals surface area contributed by atoms with E-state index in [1.54, 1.807) is 0 Å². The standard InChI is InChI=1S/C17H21N3O/c1-12(2)20-13(3)11-15(18-20)17(21)19-10-9-16(19)14-7-5-4-6-8-14/h4-8,11-12,16H,9-10H2,1-3H3. The molecule has 2 aromatic rings. The second-order valence-corrected chi connectivity index (χ2v) is 5.92. The van der Waals surface area contributed by atoms with Gasteiger partial charge in [-0.15, -0.1) is 0 Å². The number of carbonyl (C=O) groups excluding carboxylic acids is 1. The van der Waals surface area contributed by atoms with E-state index in [1.165, 1.54) is 5.56 Å². The van der Waals surface area contributed by atoms with E-state index in [0.717, 1.165) is 18.7 Å². The number of benzene rings is 1. The Bertz CT molecular complexity index is 645. The molecule has 0 radical (unpaired) electrons. The minimum absolute atomic E-state index is 0.0394. The van der Waals surface area contributed by atoms with Crippen LogP contribution in [0.5, 0.6) is 0 Å². The van der Waals surface area contributed by atoms with Gasteiger partial charge < -0.3 is 4.90 Å². The molecule has 0 spiro atoms. The predicted molar refractivity (Wildman–Crippen MR) is 82.2 cm³/mol. The average Bonchev–Trinajstić information content (AvgIpc) is 2.81. The fraction of sp³-hybridized carbons (Fsp3) is 0.412. The zero-order chi connectivity index (χ0) is 15.0. The highest BCUT2D eigenvalue weighted by molar-refractivity contribution is 5.93. The number of carbonyl (C=O) groups is 1. The number of aryl methyl sites for hydroxylation is 1. The first-order valence-electron chi connectivity index (χ1n) is 7.50. The molecule has 3 rings (SSSR count). The van der Waals surface area contributed by atoms with E-state index in [-0.39, 0.29) is 18.0 Å². The van der Waals surface area contributed by atoms with Crippen molar-refractivity contribution in [2.45, 2.75) is 39.3 Å². The quantitative estimate of drug-likeness (QED) is 0.866. The van der Waals surface area contributed by atoms with E-state index in [4.69, 9.17) is 0 Å². The molecule has 1 aromatic heterocycles. The fourth-order valence-corrected chi connectivity index (χ4v) is 2.91. The van der Waals surface area contributed by atoms with Gasteiger partial charge >= 0.3 is 0 Å². The van der Waals surface area contributed by atoms with Crippen LogP contribution in [0.1, 0.15) is 54.1 Å². The van der Waals surface area contributed by atoms with Crippen LogP contribution in [0, 0.1) is 6.92 Å². The van der Waals surface area contributed by atoms with Gasteiger partial charge in [0.05, 0.1) is 6.04 Å². The Hall–Kier alpha value is -2.10. The molecule has 1 atom stereocenters. The zero-order valence-corrected chi connectivity index (χ0v) is 12.8. The van der Waals surface area contributed by atoms with E-state index in [0.29, 0.717) is 5.69 Å². The lowest BCUT2D eigenvalue weighted by molar-refractivity contribution is 0.0453. The topological polar surface area (TPSA) is 38.1 Å². The molecule has 1 unspecified atom stereocenters. The van der Waals surface area contributed by atoms with E-state index >= 15 is 0 Å². The molecule has 1 fully saturated rings. The van der Waals surface area contributed by atoms with Crippen LogP contribution in [0.2, 0.25) is 0 Å². The molecule has 1 amide bonds. The lowest BCUT2D eigenvalue weighted by atomic mass is 9.94. The molecule has 21 heavy (non-hydrogen) atoms. The third kappa shape index (κ3) is 2.46. The van der Waals surface area contributed by atoms with Gasteiger partial charge in [-0.1, -0.05) is 30.3 Å². The van der Waals surface area contributed by atoms with Gasteiger partial charge in [0, 0.05) is 18.3 Å². The maximum atomic E-state index is 12.6. The minimum atomic E-state index is 0.0394. The summed E-state index contributed by atoms with van der Waals surface area (Å²) in [6.07, 6.45) is 1.03. The summed E-state index contributed by atoms with van der Waals surface area (Å²) in [4.78, 5) is 14.6. The van der Waals surface area contributed by atoms with Crippen molar-refractivity contribution in [1.29, 1.82) is 0 Å². The van der Waals surface area contributed by atoms with Gasteiger partial charge in [0.2, 0.25) is 0 Å². The summed E-state index contributed by atoms with van der Waals surface area (Å²) in [5, 5.41) is 4.47. The van der Waals surface area contributed by atoms with Crippen LogP contribution >= 0.6 is 0 Å². The smallest absolute Gasteiger partial charge is 0.274 e. The van der Waals surface area contributed by atoms with E-state index in [2.05, 4.69) is 31.1 Å². The minimum Gasteiger partial charge on any atom is -0.330 e. The summed E-state index contributed by atoms with van der Waals surface area (Å²) in [6.45, 7) is 6.95. The van der Waals surface area contributed by atoms with Gasteiger partial charge in [-0.05, 0) is 38.8 Å². The van der Waals surface area contributed by atoms with Crippen LogP contribution in [0.15, 0.2) is 36.4 Å². The number of likely N-dealkylation sites (tertiary alicyclic amines) is 1. The summed E-state index contributed by atoms with van der Waals surface area (Å²) in [6, 6.07) is 12.6. The van der Waals surface area contributed by atoms with Crippen LogP contribution in [0.25, 0.3) is 0 Å². The second-order valence-electron chi connectivity index (χ2n) is 5.92. The van der Waals surface area contributed by atoms with Crippen molar-refractivity contribution < 1.29 is 4.79 Å². The number of hydrogen-bond acceptors (Lipinski definition) is 2. The van der Waals surface area contributed by atoms with Crippen molar-refractivity contribution in [2.75, 3.05) is 6.54 Å². The molecule has 1 aliphatic heterocycles. The first-order valence-corrected chi connectivity index (χ1v) is 7.50. The van der Waals surface area contributed by atoms with Crippen LogP contribution in [0.4, 0.5) is 0 Å². The molecular formula is C17H21N3O. The van der Waals surface area contributed by atoms with Crippen molar-refractivity contribution >= 4 is 5.91 Å². The molecule has 4 nitrogen and oxygen atoms in total. The average molecular weight is 283 g/mol. The number of aromatic nitrogens is 2. The highest BCUT2D eigenvalue weighted by atomic mass is 16.2. The van der Waals surface area contributed by atoms with Gasteiger partial charge in [-0.25, -0.2) is 0 Å². The molecule has 4 heteroatoms. The molecule has 1 aromatic carbocycles. The van der Waals surface area contributed by atoms with E-state index in [9.17, 15) is 4.79 Å². The second kappa shape index (κ2) is 5.35. The third-order valence-corrected chi connectivity index (χ3v) is 4.10. The van der Waals surface area contributed by atoms with Crippen LogP contribution in [0.3, 0.4) is 0 Å². The van der Waals surface area contributed by atoms with Crippen LogP contribution < -0.4 is 0 Å². The number of amides is 1. The third-order valence-electron chi connectivity index (χ3n) is 4.10. The van der Waals surface area contributed by atoms with E-state index in [1.807, 2.05) is 40.8 Å². The molecule has 110 valence electrons. The zero-order valence-electron chi connectivity index (χ0n) is 12.8. The van der Waals surface area contributed by atoms with Crippen molar-refractivity contribution in [3.05, 3.63) is 53.3 Å². The Balaban J connectivity index is 1.81. The summed E-state index contributed by atoms with van der Waals surface area (Å²) >= 11 is 0. The lowest BCUT2D eigenvalue weighted by Gasteiger charge is -2.41. The van der Waals surface area contributed by atoms with Crippen LogP contribution in [-0.4, -0.2) is 27.1 Å². The first-order chi connectivity index (χ1) is 10.1. The van der Waals surface area contributed by atoms with Crippen molar-refractivity contribution in [2.24, 2.45) is 0 Å². The monoisotopic (exact) mass is 283 g/mol. The SMILES string of the molecule is Cc1cc(C(=O)N2CCC2c2ccccc2)nn1C(C)C. The maximum Gasteiger partial charge on any atom is 0.274 e. The predicted octanol–water partition coefficient (Wildman–Crippen LogP) is 3.36. The molecule has 0 bridgehead atoms. The summed E-state index contributed by atoms with van der Waals surface area (Å²) in [5.41, 5.74) is 2.80. The fourth-order valence-electron chi connectivity index (χ4n) is 2.91. The van der Waals surface area contributed by atoms with Gasteiger partial charge in [-0.2, -0.15) is 5.10 Å². The molecule has 1 saturated heterocycles. The normalized spacial score (nSPS) is 17.9. The Labute approximate surface area is 125 Å². The molecular weight excluding hydrogens is 262 g/mol. The van der Waals surface area contributed by atoms with Gasteiger partial charge in [0.25, 0.3) is 5.91 Å². The van der Waals surface area contributed by atoms with Crippen molar-refractivity contribution in [3.8, 4) is 0 Å². The lowest BCUT2D eigenvalue weighted by Crippen LogP contribution is -2.45. The first kappa shape index (κ1) is 13.9. The molecule has 1 aliphatic rings. The Morgan fingerprint density at radius 1 is 1.29 bits per heavy atom. The highest BCUT2D eigenvalue weighted by Gasteiger charge is 2.34. The highest BCUT2D eigenvalue weighted by Crippen LogP contribution is 2.34.